The van der Waals surface area contributed by atoms with Crippen molar-refractivity contribution in [1.29, 1.82) is 0 Å². The zero-order valence-electron chi connectivity index (χ0n) is 18.7. The van der Waals surface area contributed by atoms with E-state index in [9.17, 15) is 31.2 Å². The minimum atomic E-state index is -4.76. The zero-order valence-corrected chi connectivity index (χ0v) is 20.2. The molecule has 13 heteroatoms. The minimum absolute atomic E-state index is 0.104. The van der Waals surface area contributed by atoms with Gasteiger partial charge in [0.2, 0.25) is 5.91 Å². The third kappa shape index (κ3) is 6.17. The van der Waals surface area contributed by atoms with Gasteiger partial charge >= 0.3 is 12.3 Å². The van der Waals surface area contributed by atoms with E-state index in [1.165, 1.54) is 34.1 Å². The number of piperazine rings is 1. The first-order valence-corrected chi connectivity index (χ1v) is 12.4. The second-order valence-electron chi connectivity index (χ2n) is 7.56. The number of nitrogens with zero attached hydrogens (tertiary/aromatic N) is 3. The molecule has 190 valence electrons. The van der Waals surface area contributed by atoms with Crippen LogP contribution < -0.4 is 4.31 Å². The molecular formula is C22H23ClF3N3O5S. The Hall–Kier alpha value is -2.99. The van der Waals surface area contributed by atoms with E-state index in [1.54, 1.807) is 13.0 Å². The first-order valence-electron chi connectivity index (χ1n) is 10.6. The van der Waals surface area contributed by atoms with E-state index in [0.29, 0.717) is 10.4 Å². The summed E-state index contributed by atoms with van der Waals surface area (Å²) in [5, 5.41) is -0.266. The second-order valence-corrected chi connectivity index (χ2v) is 9.82. The number of amides is 2. The van der Waals surface area contributed by atoms with Crippen molar-refractivity contribution in [3.05, 3.63) is 59.1 Å². The highest BCUT2D eigenvalue weighted by Gasteiger charge is 2.35. The summed E-state index contributed by atoms with van der Waals surface area (Å²) in [7, 11) is -4.45. The largest absolute Gasteiger partial charge is 0.450 e. The van der Waals surface area contributed by atoms with Crippen LogP contribution in [-0.4, -0.2) is 69.5 Å². The maximum atomic E-state index is 13.4. The smallest absolute Gasteiger partial charge is 0.416 e. The van der Waals surface area contributed by atoms with Crippen molar-refractivity contribution in [2.45, 2.75) is 18.0 Å². The monoisotopic (exact) mass is 533 g/mol. The molecule has 0 radical (unpaired) electrons. The van der Waals surface area contributed by atoms with Crippen LogP contribution >= 0.6 is 11.6 Å². The molecule has 35 heavy (non-hydrogen) atoms. The Balaban J connectivity index is 1.93. The van der Waals surface area contributed by atoms with Gasteiger partial charge in [-0.3, -0.25) is 9.10 Å². The number of hydrogen-bond donors (Lipinski definition) is 0. The van der Waals surface area contributed by atoms with Crippen molar-refractivity contribution < 1.29 is 35.9 Å². The van der Waals surface area contributed by atoms with E-state index < -0.39 is 46.0 Å². The van der Waals surface area contributed by atoms with Crippen LogP contribution in [0.4, 0.5) is 23.7 Å². The normalized spacial score (nSPS) is 14.5. The van der Waals surface area contributed by atoms with Gasteiger partial charge in [0.05, 0.1) is 27.8 Å². The van der Waals surface area contributed by atoms with Crippen LogP contribution in [0.2, 0.25) is 5.02 Å². The summed E-state index contributed by atoms with van der Waals surface area (Å²) in [6.07, 6.45) is -5.28. The predicted molar refractivity (Wildman–Crippen MR) is 123 cm³/mol. The van der Waals surface area contributed by atoms with Crippen LogP contribution in [0, 0.1) is 0 Å². The van der Waals surface area contributed by atoms with Crippen LogP contribution in [-0.2, 0) is 25.7 Å². The summed E-state index contributed by atoms with van der Waals surface area (Å²) in [6, 6.07) is 9.30. The molecule has 2 aromatic carbocycles. The van der Waals surface area contributed by atoms with Crippen molar-refractivity contribution in [2.75, 3.05) is 43.6 Å². The number of sulfonamides is 1. The standard InChI is InChI=1S/C22H23ClF3N3O5S/c1-2-34-21(31)28-12-10-27(11-13-28)20(30)15-29(35(32,33)17-6-4-3-5-7-17)19-14-16(22(24,25)26)8-9-18(19)23/h3-9,14H,2,10-13,15H2,1H3. The van der Waals surface area contributed by atoms with Crippen LogP contribution in [0.1, 0.15) is 12.5 Å². The Morgan fingerprint density at radius 2 is 1.63 bits per heavy atom. The molecule has 1 aliphatic heterocycles. The van der Waals surface area contributed by atoms with Crippen LogP contribution in [0.15, 0.2) is 53.4 Å². The fraction of sp³-hybridized carbons (Fsp3) is 0.364. The molecule has 0 aliphatic carbocycles. The molecule has 0 bridgehead atoms. The number of carbonyl (C=O) groups is 2. The Kier molecular flexibility index (Phi) is 8.16. The Labute approximate surface area is 205 Å². The maximum Gasteiger partial charge on any atom is 0.416 e. The average Bonchev–Trinajstić information content (AvgIpc) is 2.83. The molecule has 1 heterocycles. The number of benzene rings is 2. The maximum absolute atomic E-state index is 13.4. The van der Waals surface area contributed by atoms with Gasteiger partial charge < -0.3 is 14.5 Å². The van der Waals surface area contributed by atoms with Crippen molar-refractivity contribution in [3.8, 4) is 0 Å². The highest BCUT2D eigenvalue weighted by Crippen LogP contribution is 2.37. The molecule has 0 saturated carbocycles. The summed E-state index contributed by atoms with van der Waals surface area (Å²) in [5.41, 5.74) is -1.58. The van der Waals surface area contributed by atoms with Gasteiger partial charge in [-0.1, -0.05) is 29.8 Å². The molecule has 0 atom stereocenters. The third-order valence-electron chi connectivity index (χ3n) is 5.31. The summed E-state index contributed by atoms with van der Waals surface area (Å²) >= 11 is 6.13. The number of halogens is 4. The Morgan fingerprint density at radius 1 is 1.03 bits per heavy atom. The van der Waals surface area contributed by atoms with Gasteiger partial charge in [-0.05, 0) is 37.3 Å². The van der Waals surface area contributed by atoms with Crippen molar-refractivity contribution in [2.24, 2.45) is 0 Å². The van der Waals surface area contributed by atoms with Gasteiger partial charge in [0.1, 0.15) is 6.54 Å². The SMILES string of the molecule is CCOC(=O)N1CCN(C(=O)CN(c2cc(C(F)(F)F)ccc2Cl)S(=O)(=O)c2ccccc2)CC1. The summed E-state index contributed by atoms with van der Waals surface area (Å²) in [6.45, 7) is 1.62. The van der Waals surface area contributed by atoms with Gasteiger partial charge in [-0.15, -0.1) is 0 Å². The summed E-state index contributed by atoms with van der Waals surface area (Å²) in [5.74, 6) is -0.651. The number of hydrogen-bond acceptors (Lipinski definition) is 5. The van der Waals surface area contributed by atoms with Crippen LogP contribution in [0.25, 0.3) is 0 Å². The fourth-order valence-electron chi connectivity index (χ4n) is 3.48. The second kappa shape index (κ2) is 10.7. The average molecular weight is 534 g/mol. The quantitative estimate of drug-likeness (QED) is 0.563. The molecule has 8 nitrogen and oxygen atoms in total. The number of anilines is 1. The lowest BCUT2D eigenvalue weighted by molar-refractivity contribution is -0.137. The Morgan fingerprint density at radius 3 is 2.20 bits per heavy atom. The fourth-order valence-corrected chi connectivity index (χ4v) is 5.19. The van der Waals surface area contributed by atoms with Gasteiger partial charge in [0, 0.05) is 26.2 Å². The Bertz CT molecular complexity index is 1170. The van der Waals surface area contributed by atoms with E-state index >= 15 is 0 Å². The zero-order chi connectivity index (χ0) is 25.8. The van der Waals surface area contributed by atoms with E-state index in [4.69, 9.17) is 16.3 Å². The molecule has 2 aromatic rings. The van der Waals surface area contributed by atoms with E-state index in [1.807, 2.05) is 0 Å². The molecule has 0 N–H and O–H groups in total. The third-order valence-corrected chi connectivity index (χ3v) is 7.40. The van der Waals surface area contributed by atoms with Crippen molar-refractivity contribution in [1.82, 2.24) is 9.80 Å². The first-order chi connectivity index (χ1) is 16.4. The van der Waals surface area contributed by atoms with E-state index in [-0.39, 0.29) is 42.7 Å². The molecule has 0 aromatic heterocycles. The predicted octanol–water partition coefficient (Wildman–Crippen LogP) is 3.85. The number of rotatable bonds is 6. The number of ether oxygens (including phenoxy) is 1. The minimum Gasteiger partial charge on any atom is -0.450 e. The van der Waals surface area contributed by atoms with Gasteiger partial charge in [0.25, 0.3) is 10.0 Å². The lowest BCUT2D eigenvalue weighted by atomic mass is 10.2. The van der Waals surface area contributed by atoms with Gasteiger partial charge in [-0.25, -0.2) is 13.2 Å². The highest BCUT2D eigenvalue weighted by molar-refractivity contribution is 7.92. The molecule has 1 aliphatic rings. The lowest BCUT2D eigenvalue weighted by Gasteiger charge is -2.35. The molecule has 1 saturated heterocycles. The summed E-state index contributed by atoms with van der Waals surface area (Å²) in [4.78, 5) is 27.5. The van der Waals surface area contributed by atoms with Crippen molar-refractivity contribution >= 4 is 39.3 Å². The molecule has 3 rings (SSSR count). The number of alkyl halides is 3. The van der Waals surface area contributed by atoms with Crippen molar-refractivity contribution in [3.63, 3.8) is 0 Å². The molecular weight excluding hydrogens is 511 g/mol. The highest BCUT2D eigenvalue weighted by atomic mass is 35.5. The lowest BCUT2D eigenvalue weighted by Crippen LogP contribution is -2.53. The molecule has 0 spiro atoms. The number of carbonyl (C=O) groups excluding carboxylic acids is 2. The molecule has 1 fully saturated rings. The summed E-state index contributed by atoms with van der Waals surface area (Å²) < 4.78 is 72.5. The van der Waals surface area contributed by atoms with Gasteiger partial charge in [-0.2, -0.15) is 13.2 Å². The van der Waals surface area contributed by atoms with E-state index in [0.717, 1.165) is 12.1 Å². The van der Waals surface area contributed by atoms with Crippen LogP contribution in [0.3, 0.4) is 0 Å². The molecule has 2 amide bonds. The first kappa shape index (κ1) is 26.6. The topological polar surface area (TPSA) is 87.2 Å². The molecule has 0 unspecified atom stereocenters. The van der Waals surface area contributed by atoms with Crippen LogP contribution in [0.5, 0.6) is 0 Å². The van der Waals surface area contributed by atoms with E-state index in [2.05, 4.69) is 0 Å². The van der Waals surface area contributed by atoms with Gasteiger partial charge in [0.15, 0.2) is 0 Å².